The largest absolute Gasteiger partial charge is 0.394 e. The number of hydrogen-bond donors (Lipinski definition) is 4. The van der Waals surface area contributed by atoms with E-state index >= 15 is 0 Å². The Balaban J connectivity index is 2.93. The van der Waals surface area contributed by atoms with Crippen LogP contribution in [0.3, 0.4) is 0 Å². The van der Waals surface area contributed by atoms with Crippen LogP contribution in [-0.2, 0) is 14.8 Å². The first-order valence-corrected chi connectivity index (χ1v) is 8.42. The number of aliphatic hydroxyl groups is 1. The molecule has 0 aliphatic rings. The van der Waals surface area contributed by atoms with Gasteiger partial charge in [0.15, 0.2) is 5.82 Å². The summed E-state index contributed by atoms with van der Waals surface area (Å²) in [6.45, 7) is 1.46. The molecule has 0 radical (unpaired) electrons. The Labute approximate surface area is 128 Å². The molecule has 2 atom stereocenters. The van der Waals surface area contributed by atoms with Gasteiger partial charge in [-0.3, -0.25) is 4.79 Å². The quantitative estimate of drug-likeness (QED) is 0.408. The van der Waals surface area contributed by atoms with Crippen molar-refractivity contribution in [2.24, 2.45) is 11.5 Å². The Morgan fingerprint density at radius 1 is 1.50 bits per heavy atom. The SMILES string of the molecule is CCCCS(=O)(=O)N[C@@H](CC(N)=O)c1nc([C@@H](N)CO)no1. The van der Waals surface area contributed by atoms with Crippen LogP contribution in [0.25, 0.3) is 0 Å². The average Bonchev–Trinajstić information content (AvgIpc) is 2.92. The normalized spacial score (nSPS) is 14.7. The zero-order valence-electron chi connectivity index (χ0n) is 12.2. The fourth-order valence-corrected chi connectivity index (χ4v) is 3.02. The van der Waals surface area contributed by atoms with Crippen molar-refractivity contribution in [2.45, 2.75) is 38.3 Å². The lowest BCUT2D eigenvalue weighted by molar-refractivity contribution is -0.118. The molecule has 0 aliphatic carbocycles. The van der Waals surface area contributed by atoms with Crippen molar-refractivity contribution in [2.75, 3.05) is 12.4 Å². The lowest BCUT2D eigenvalue weighted by atomic mass is 10.2. The van der Waals surface area contributed by atoms with Gasteiger partial charge in [-0.1, -0.05) is 18.5 Å². The summed E-state index contributed by atoms with van der Waals surface area (Å²) in [5.41, 5.74) is 10.7. The predicted octanol–water partition coefficient (Wildman–Crippen LogP) is -1.30. The van der Waals surface area contributed by atoms with E-state index in [-0.39, 0.29) is 23.9 Å². The number of unbranched alkanes of at least 4 members (excludes halogenated alkanes) is 1. The number of nitrogens with two attached hydrogens (primary N) is 2. The fourth-order valence-electron chi connectivity index (χ4n) is 1.61. The molecule has 0 aromatic carbocycles. The highest BCUT2D eigenvalue weighted by atomic mass is 32.2. The first kappa shape index (κ1) is 18.5. The van der Waals surface area contributed by atoms with Crippen LogP contribution >= 0.6 is 0 Å². The lowest BCUT2D eigenvalue weighted by Crippen LogP contribution is -2.33. The van der Waals surface area contributed by atoms with Crippen molar-refractivity contribution >= 4 is 15.9 Å². The summed E-state index contributed by atoms with van der Waals surface area (Å²) in [6, 6.07) is -1.92. The molecular formula is C11H21N5O5S. The van der Waals surface area contributed by atoms with Crippen molar-refractivity contribution in [3.05, 3.63) is 11.7 Å². The van der Waals surface area contributed by atoms with Crippen LogP contribution in [0.1, 0.15) is 50.0 Å². The van der Waals surface area contributed by atoms with Crippen molar-refractivity contribution < 1.29 is 22.8 Å². The molecule has 0 spiro atoms. The van der Waals surface area contributed by atoms with Gasteiger partial charge in [0.1, 0.15) is 6.04 Å². The van der Waals surface area contributed by atoms with Crippen LogP contribution < -0.4 is 16.2 Å². The van der Waals surface area contributed by atoms with E-state index < -0.39 is 34.6 Å². The van der Waals surface area contributed by atoms with Gasteiger partial charge in [0.2, 0.25) is 21.8 Å². The third-order valence-electron chi connectivity index (χ3n) is 2.78. The minimum absolute atomic E-state index is 0.0136. The lowest BCUT2D eigenvalue weighted by Gasteiger charge is -2.13. The van der Waals surface area contributed by atoms with Gasteiger partial charge in [-0.25, -0.2) is 13.1 Å². The van der Waals surface area contributed by atoms with E-state index in [9.17, 15) is 13.2 Å². The van der Waals surface area contributed by atoms with Crippen LogP contribution in [0.4, 0.5) is 0 Å². The molecule has 1 rings (SSSR count). The Morgan fingerprint density at radius 3 is 2.73 bits per heavy atom. The van der Waals surface area contributed by atoms with Crippen LogP contribution in [0.2, 0.25) is 0 Å². The molecule has 11 heteroatoms. The van der Waals surface area contributed by atoms with Gasteiger partial charge >= 0.3 is 0 Å². The molecule has 6 N–H and O–H groups in total. The molecule has 22 heavy (non-hydrogen) atoms. The summed E-state index contributed by atoms with van der Waals surface area (Å²) in [5.74, 6) is -0.928. The predicted molar refractivity (Wildman–Crippen MR) is 76.7 cm³/mol. The second kappa shape index (κ2) is 8.17. The highest BCUT2D eigenvalue weighted by Gasteiger charge is 2.27. The minimum Gasteiger partial charge on any atom is -0.394 e. The second-order valence-electron chi connectivity index (χ2n) is 4.79. The first-order chi connectivity index (χ1) is 10.3. The summed E-state index contributed by atoms with van der Waals surface area (Å²) < 4.78 is 31.1. The molecule has 0 unspecified atom stereocenters. The first-order valence-electron chi connectivity index (χ1n) is 6.77. The number of aromatic nitrogens is 2. The maximum atomic E-state index is 11.9. The van der Waals surface area contributed by atoms with Crippen molar-refractivity contribution in [3.8, 4) is 0 Å². The number of rotatable bonds is 10. The Hall–Kier alpha value is -1.56. The van der Waals surface area contributed by atoms with Crippen molar-refractivity contribution in [3.63, 3.8) is 0 Å². The maximum Gasteiger partial charge on any atom is 0.245 e. The van der Waals surface area contributed by atoms with E-state index in [1.165, 1.54) is 0 Å². The molecule has 1 aromatic heterocycles. The number of primary amides is 1. The second-order valence-corrected chi connectivity index (χ2v) is 6.67. The summed E-state index contributed by atoms with van der Waals surface area (Å²) in [4.78, 5) is 15.0. The van der Waals surface area contributed by atoms with E-state index in [0.29, 0.717) is 12.8 Å². The van der Waals surface area contributed by atoms with E-state index in [1.807, 2.05) is 6.92 Å². The summed E-state index contributed by atoms with van der Waals surface area (Å²) >= 11 is 0. The average molecular weight is 335 g/mol. The molecule has 0 bridgehead atoms. The highest BCUT2D eigenvalue weighted by Crippen LogP contribution is 2.18. The fraction of sp³-hybridized carbons (Fsp3) is 0.727. The summed E-state index contributed by atoms with van der Waals surface area (Å²) in [6.07, 6.45) is 0.849. The van der Waals surface area contributed by atoms with Gasteiger partial charge in [0, 0.05) is 0 Å². The molecular weight excluding hydrogens is 314 g/mol. The summed E-state index contributed by atoms with van der Waals surface area (Å²) in [5, 5.41) is 12.5. The highest BCUT2D eigenvalue weighted by molar-refractivity contribution is 7.89. The Kier molecular flexibility index (Phi) is 6.87. The van der Waals surface area contributed by atoms with Gasteiger partial charge in [0.25, 0.3) is 0 Å². The van der Waals surface area contributed by atoms with E-state index in [0.717, 1.165) is 0 Å². The molecule has 0 saturated carbocycles. The molecule has 0 aliphatic heterocycles. The van der Waals surface area contributed by atoms with Gasteiger partial charge in [-0.15, -0.1) is 0 Å². The maximum absolute atomic E-state index is 11.9. The van der Waals surface area contributed by atoms with E-state index in [1.54, 1.807) is 0 Å². The van der Waals surface area contributed by atoms with E-state index in [2.05, 4.69) is 14.9 Å². The Morgan fingerprint density at radius 2 is 2.18 bits per heavy atom. The molecule has 10 nitrogen and oxygen atoms in total. The monoisotopic (exact) mass is 335 g/mol. The third-order valence-corrected chi connectivity index (χ3v) is 4.25. The number of carbonyl (C=O) groups excluding carboxylic acids is 1. The molecule has 1 aromatic rings. The van der Waals surface area contributed by atoms with Crippen LogP contribution in [0.5, 0.6) is 0 Å². The van der Waals surface area contributed by atoms with Gasteiger partial charge in [-0.05, 0) is 6.42 Å². The summed E-state index contributed by atoms with van der Waals surface area (Å²) in [7, 11) is -3.62. The number of nitrogens with zero attached hydrogens (tertiary/aromatic N) is 2. The number of amides is 1. The number of hydrogen-bond acceptors (Lipinski definition) is 8. The molecule has 126 valence electrons. The zero-order valence-corrected chi connectivity index (χ0v) is 13.0. The van der Waals surface area contributed by atoms with Gasteiger partial charge in [-0.2, -0.15) is 4.98 Å². The zero-order chi connectivity index (χ0) is 16.8. The topological polar surface area (TPSA) is 174 Å². The molecule has 0 fully saturated rings. The van der Waals surface area contributed by atoms with Crippen LogP contribution in [0, 0.1) is 0 Å². The minimum atomic E-state index is -3.62. The molecule has 0 saturated heterocycles. The van der Waals surface area contributed by atoms with Crippen molar-refractivity contribution in [1.82, 2.24) is 14.9 Å². The standard InChI is InChI=1S/C11H21N5O5S/c1-2-3-4-22(19,20)16-8(5-9(13)18)11-14-10(15-21-11)7(12)6-17/h7-8,16-17H,2-6,12H2,1H3,(H2,13,18)/t7-,8-/m0/s1. The number of sulfonamides is 1. The smallest absolute Gasteiger partial charge is 0.245 e. The number of aliphatic hydroxyl groups excluding tert-OH is 1. The molecule has 1 heterocycles. The third kappa shape index (κ3) is 5.67. The van der Waals surface area contributed by atoms with Crippen LogP contribution in [-0.4, -0.2) is 41.9 Å². The van der Waals surface area contributed by atoms with E-state index in [4.69, 9.17) is 21.1 Å². The van der Waals surface area contributed by atoms with Gasteiger partial charge < -0.3 is 21.1 Å². The van der Waals surface area contributed by atoms with Crippen molar-refractivity contribution in [1.29, 1.82) is 0 Å². The molecule has 1 amide bonds. The number of carbonyl (C=O) groups is 1. The van der Waals surface area contributed by atoms with Crippen LogP contribution in [0.15, 0.2) is 4.52 Å². The Bertz CT molecular complexity index is 587. The number of nitrogens with one attached hydrogen (secondary N) is 1. The van der Waals surface area contributed by atoms with Gasteiger partial charge in [0.05, 0.1) is 24.8 Å².